The summed E-state index contributed by atoms with van der Waals surface area (Å²) in [6, 6.07) is 16.1. The van der Waals surface area contributed by atoms with E-state index in [4.69, 9.17) is 0 Å². The van der Waals surface area contributed by atoms with Crippen LogP contribution >= 0.6 is 0 Å². The van der Waals surface area contributed by atoms with Gasteiger partial charge in [0, 0.05) is 22.3 Å². The first kappa shape index (κ1) is 21.5. The van der Waals surface area contributed by atoms with Crippen molar-refractivity contribution in [2.24, 2.45) is 11.8 Å². The molecule has 0 unspecified atom stereocenters. The van der Waals surface area contributed by atoms with Gasteiger partial charge in [0.25, 0.3) is 0 Å². The summed E-state index contributed by atoms with van der Waals surface area (Å²) in [5, 5.41) is 0. The second kappa shape index (κ2) is 8.98. The number of Topliss-reactive ketones (excluding diaryl/α,β-unsaturated/α-hetero) is 2. The van der Waals surface area contributed by atoms with Crippen LogP contribution in [0.2, 0.25) is 0 Å². The molecule has 0 amide bonds. The molecular formula is C32H32O2. The number of carbonyl (C=O) groups is 2. The van der Waals surface area contributed by atoms with Crippen LogP contribution in [0.15, 0.2) is 71.8 Å². The highest BCUT2D eigenvalue weighted by Gasteiger charge is 2.34. The minimum absolute atomic E-state index is 0.198. The standard InChI is InChI=1S/C32H32O2/c33-31-25-17-9-7-15-23(25)29(19-27(31)21-11-3-1-4-12-21)30-20-28(22-13-5-2-6-14-22)32(34)26-18-10-8-16-24(26)30/h7-10,15-22H,1-6,11-14H2/b30-29+. The lowest BCUT2D eigenvalue weighted by Gasteiger charge is -2.31. The van der Waals surface area contributed by atoms with Gasteiger partial charge < -0.3 is 0 Å². The van der Waals surface area contributed by atoms with Crippen LogP contribution < -0.4 is 0 Å². The lowest BCUT2D eigenvalue weighted by Crippen LogP contribution is -2.22. The predicted molar refractivity (Wildman–Crippen MR) is 138 cm³/mol. The van der Waals surface area contributed by atoms with Gasteiger partial charge in [-0.2, -0.15) is 0 Å². The van der Waals surface area contributed by atoms with Gasteiger partial charge in [-0.25, -0.2) is 0 Å². The third-order valence-corrected chi connectivity index (χ3v) is 8.43. The molecule has 0 spiro atoms. The van der Waals surface area contributed by atoms with Gasteiger partial charge in [-0.1, -0.05) is 87.1 Å². The molecule has 0 saturated heterocycles. The van der Waals surface area contributed by atoms with Crippen molar-refractivity contribution in [2.75, 3.05) is 0 Å². The molecule has 2 heteroatoms. The molecule has 6 rings (SSSR count). The van der Waals surface area contributed by atoms with Crippen LogP contribution in [0.25, 0.3) is 11.1 Å². The van der Waals surface area contributed by atoms with E-state index in [0.29, 0.717) is 11.8 Å². The Hall–Kier alpha value is -3.00. The number of rotatable bonds is 2. The molecule has 2 aromatic carbocycles. The van der Waals surface area contributed by atoms with E-state index in [1.54, 1.807) is 0 Å². The van der Waals surface area contributed by atoms with Crippen LogP contribution in [0.1, 0.15) is 96.1 Å². The summed E-state index contributed by atoms with van der Waals surface area (Å²) in [6.45, 7) is 0. The van der Waals surface area contributed by atoms with Crippen LogP contribution in [0.4, 0.5) is 0 Å². The first-order chi connectivity index (χ1) is 16.7. The Morgan fingerprint density at radius 1 is 0.471 bits per heavy atom. The van der Waals surface area contributed by atoms with Gasteiger partial charge in [0.1, 0.15) is 0 Å². The highest BCUT2D eigenvalue weighted by Crippen LogP contribution is 2.45. The smallest absolute Gasteiger partial charge is 0.189 e. The molecule has 172 valence electrons. The van der Waals surface area contributed by atoms with Gasteiger partial charge in [-0.15, -0.1) is 0 Å². The topological polar surface area (TPSA) is 34.1 Å². The maximum absolute atomic E-state index is 13.6. The Morgan fingerprint density at radius 2 is 0.824 bits per heavy atom. The van der Waals surface area contributed by atoms with E-state index >= 15 is 0 Å². The quantitative estimate of drug-likeness (QED) is 0.466. The van der Waals surface area contributed by atoms with Gasteiger partial charge in [0.15, 0.2) is 11.6 Å². The fraction of sp³-hybridized carbons (Fsp3) is 0.375. The summed E-state index contributed by atoms with van der Waals surface area (Å²) in [6.07, 6.45) is 16.1. The molecule has 2 saturated carbocycles. The summed E-state index contributed by atoms with van der Waals surface area (Å²) < 4.78 is 0. The van der Waals surface area contributed by atoms with Crippen molar-refractivity contribution in [3.8, 4) is 0 Å². The van der Waals surface area contributed by atoms with Gasteiger partial charge in [0.05, 0.1) is 0 Å². The molecule has 0 aromatic heterocycles. The van der Waals surface area contributed by atoms with Gasteiger partial charge in [0.2, 0.25) is 0 Å². The summed E-state index contributed by atoms with van der Waals surface area (Å²) in [4.78, 5) is 27.2. The van der Waals surface area contributed by atoms with E-state index in [0.717, 1.165) is 70.2 Å². The van der Waals surface area contributed by atoms with Gasteiger partial charge in [-0.3, -0.25) is 9.59 Å². The number of benzene rings is 2. The van der Waals surface area contributed by atoms with Gasteiger partial charge in [-0.05, 0) is 71.9 Å². The van der Waals surface area contributed by atoms with Gasteiger partial charge >= 0.3 is 0 Å². The Balaban J connectivity index is 1.59. The van der Waals surface area contributed by atoms with Crippen molar-refractivity contribution < 1.29 is 9.59 Å². The Morgan fingerprint density at radius 3 is 1.21 bits per heavy atom. The number of hydrogen-bond acceptors (Lipinski definition) is 2. The zero-order valence-corrected chi connectivity index (χ0v) is 19.8. The third kappa shape index (κ3) is 3.64. The Kier molecular flexibility index (Phi) is 5.69. The van der Waals surface area contributed by atoms with Crippen LogP contribution in [0.5, 0.6) is 0 Å². The predicted octanol–water partition coefficient (Wildman–Crippen LogP) is 8.00. The molecule has 0 N–H and O–H groups in total. The first-order valence-corrected chi connectivity index (χ1v) is 13.2. The molecule has 0 radical (unpaired) electrons. The summed E-state index contributed by atoms with van der Waals surface area (Å²) >= 11 is 0. The van der Waals surface area contributed by atoms with E-state index in [2.05, 4.69) is 24.3 Å². The van der Waals surface area contributed by atoms with Crippen molar-refractivity contribution in [1.82, 2.24) is 0 Å². The lowest BCUT2D eigenvalue weighted by molar-refractivity contribution is 0.100. The minimum Gasteiger partial charge on any atom is -0.289 e. The lowest BCUT2D eigenvalue weighted by atomic mass is 9.72. The highest BCUT2D eigenvalue weighted by atomic mass is 16.1. The maximum atomic E-state index is 13.6. The molecule has 4 aliphatic carbocycles. The van der Waals surface area contributed by atoms with Crippen molar-refractivity contribution in [2.45, 2.75) is 64.2 Å². The molecule has 2 aromatic rings. The fourth-order valence-corrected chi connectivity index (χ4v) is 6.62. The van der Waals surface area contributed by atoms with Crippen molar-refractivity contribution in [3.63, 3.8) is 0 Å². The third-order valence-electron chi connectivity index (χ3n) is 8.43. The molecule has 2 fully saturated rings. The van der Waals surface area contributed by atoms with E-state index in [9.17, 15) is 9.59 Å². The molecule has 34 heavy (non-hydrogen) atoms. The zero-order chi connectivity index (χ0) is 23.1. The Bertz CT molecular complexity index is 1150. The SMILES string of the molecule is O=C1C(C2CCCCC2)=C/C(=C2/C=C(C3CCCCC3)C(=O)c3ccccc32)c2ccccc21. The highest BCUT2D eigenvalue weighted by molar-refractivity contribution is 6.23. The number of ketones is 2. The summed E-state index contributed by atoms with van der Waals surface area (Å²) in [5.74, 6) is 1.08. The van der Waals surface area contributed by atoms with Crippen molar-refractivity contribution in [3.05, 3.63) is 94.1 Å². The number of carbonyl (C=O) groups excluding carboxylic acids is 2. The van der Waals surface area contributed by atoms with E-state index in [1.165, 1.54) is 38.5 Å². The Labute approximate surface area is 202 Å². The van der Waals surface area contributed by atoms with Crippen molar-refractivity contribution in [1.29, 1.82) is 0 Å². The normalized spacial score (nSPS) is 23.8. The molecular weight excluding hydrogens is 416 g/mol. The van der Waals surface area contributed by atoms with Crippen LogP contribution in [-0.2, 0) is 0 Å². The second-order valence-corrected chi connectivity index (χ2v) is 10.4. The van der Waals surface area contributed by atoms with E-state index in [1.807, 2.05) is 36.4 Å². The average molecular weight is 449 g/mol. The summed E-state index contributed by atoms with van der Waals surface area (Å²) in [7, 11) is 0. The number of hydrogen-bond donors (Lipinski definition) is 0. The van der Waals surface area contributed by atoms with E-state index in [-0.39, 0.29) is 11.6 Å². The van der Waals surface area contributed by atoms with Crippen LogP contribution in [-0.4, -0.2) is 11.6 Å². The molecule has 0 heterocycles. The van der Waals surface area contributed by atoms with Crippen LogP contribution in [0.3, 0.4) is 0 Å². The molecule has 0 aliphatic heterocycles. The first-order valence-electron chi connectivity index (χ1n) is 13.2. The monoisotopic (exact) mass is 448 g/mol. The maximum Gasteiger partial charge on any atom is 0.189 e. The zero-order valence-electron chi connectivity index (χ0n) is 19.8. The molecule has 2 nitrogen and oxygen atoms in total. The van der Waals surface area contributed by atoms with E-state index < -0.39 is 0 Å². The second-order valence-electron chi connectivity index (χ2n) is 10.4. The minimum atomic E-state index is 0.198. The average Bonchev–Trinajstić information content (AvgIpc) is 2.91. The largest absolute Gasteiger partial charge is 0.289 e. The number of fused-ring (bicyclic) bond motifs is 2. The van der Waals surface area contributed by atoms with Crippen LogP contribution in [0, 0.1) is 11.8 Å². The summed E-state index contributed by atoms with van der Waals surface area (Å²) in [5.41, 5.74) is 7.82. The molecule has 0 atom stereocenters. The molecule has 0 bridgehead atoms. The number of allylic oxidation sites excluding steroid dienone is 6. The molecule has 4 aliphatic rings. The fourth-order valence-electron chi connectivity index (χ4n) is 6.62. The van der Waals surface area contributed by atoms with Crippen molar-refractivity contribution >= 4 is 22.7 Å².